The fourth-order valence-electron chi connectivity index (χ4n) is 7.00. The molecule has 0 saturated heterocycles. The lowest BCUT2D eigenvalue weighted by molar-refractivity contribution is 0.646. The first kappa shape index (κ1) is 26.1. The molecule has 0 spiro atoms. The Balaban J connectivity index is 1.20. The van der Waals surface area contributed by atoms with Gasteiger partial charge in [-0.1, -0.05) is 117 Å². The topological polar surface area (TPSA) is 30.7 Å². The summed E-state index contributed by atoms with van der Waals surface area (Å²) in [6.07, 6.45) is 0. The second kappa shape index (κ2) is 9.85. The summed E-state index contributed by atoms with van der Waals surface area (Å²) in [6, 6.07) is 47.4. The predicted octanol–water partition coefficient (Wildman–Crippen LogP) is 10.9. The third-order valence-electron chi connectivity index (χ3n) is 9.23. The van der Waals surface area contributed by atoms with E-state index in [1.165, 1.54) is 49.1 Å². The Morgan fingerprint density at radius 3 is 2.02 bits per heavy atom. The molecule has 9 rings (SSSR count). The zero-order chi connectivity index (χ0) is 30.1. The number of fused-ring (bicyclic) bond motifs is 5. The van der Waals surface area contributed by atoms with Crippen LogP contribution in [0.2, 0.25) is 0 Å². The van der Waals surface area contributed by atoms with Gasteiger partial charge < -0.3 is 4.57 Å². The molecule has 5 aromatic carbocycles. The van der Waals surface area contributed by atoms with E-state index in [9.17, 15) is 0 Å². The number of para-hydroxylation sites is 1. The van der Waals surface area contributed by atoms with Gasteiger partial charge in [0, 0.05) is 37.8 Å². The zero-order valence-electron chi connectivity index (χ0n) is 25.0. The Labute approximate surface area is 266 Å². The molecule has 1 aliphatic rings. The van der Waals surface area contributed by atoms with Crippen LogP contribution in [-0.2, 0) is 5.41 Å². The fourth-order valence-corrected chi connectivity index (χ4v) is 8.02. The van der Waals surface area contributed by atoms with Crippen molar-refractivity contribution in [3.8, 4) is 50.7 Å². The minimum atomic E-state index is -0.0285. The summed E-state index contributed by atoms with van der Waals surface area (Å²) < 4.78 is 2.48. The normalized spacial score (nSPS) is 13.3. The van der Waals surface area contributed by atoms with E-state index in [0.29, 0.717) is 0 Å². The van der Waals surface area contributed by atoms with Crippen LogP contribution in [0.5, 0.6) is 0 Å². The monoisotopic (exact) mass is 595 g/mol. The molecule has 0 aliphatic carbocycles. The number of rotatable bonds is 4. The number of nitrogens with zero attached hydrogens (tertiary/aromatic N) is 3. The molecule has 0 amide bonds. The van der Waals surface area contributed by atoms with Crippen LogP contribution < -0.4 is 0 Å². The Morgan fingerprint density at radius 1 is 0.556 bits per heavy atom. The highest BCUT2D eigenvalue weighted by Gasteiger charge is 2.36. The van der Waals surface area contributed by atoms with Crippen LogP contribution in [0.4, 0.5) is 0 Å². The highest BCUT2D eigenvalue weighted by molar-refractivity contribution is 7.10. The number of aromatic nitrogens is 3. The summed E-state index contributed by atoms with van der Waals surface area (Å²) in [4.78, 5) is 11.5. The van der Waals surface area contributed by atoms with Crippen LogP contribution >= 0.6 is 11.3 Å². The van der Waals surface area contributed by atoms with Gasteiger partial charge in [-0.3, -0.25) is 0 Å². The van der Waals surface area contributed by atoms with Crippen molar-refractivity contribution in [3.63, 3.8) is 0 Å². The second-order valence-electron chi connectivity index (χ2n) is 12.3. The van der Waals surface area contributed by atoms with E-state index in [2.05, 4.69) is 133 Å². The summed E-state index contributed by atoms with van der Waals surface area (Å²) >= 11 is 1.86. The summed E-state index contributed by atoms with van der Waals surface area (Å²) in [6.45, 7) is 4.71. The van der Waals surface area contributed by atoms with Crippen molar-refractivity contribution in [3.05, 3.63) is 149 Å². The van der Waals surface area contributed by atoms with Crippen molar-refractivity contribution in [2.24, 2.45) is 0 Å². The van der Waals surface area contributed by atoms with Gasteiger partial charge in [0.15, 0.2) is 5.82 Å². The number of benzene rings is 5. The van der Waals surface area contributed by atoms with Gasteiger partial charge in [0.2, 0.25) is 0 Å². The van der Waals surface area contributed by atoms with Gasteiger partial charge in [0.05, 0.1) is 28.1 Å². The quantitative estimate of drug-likeness (QED) is 0.203. The molecule has 0 fully saturated rings. The predicted molar refractivity (Wildman–Crippen MR) is 188 cm³/mol. The molecule has 0 bridgehead atoms. The van der Waals surface area contributed by atoms with Crippen LogP contribution in [-0.4, -0.2) is 14.5 Å². The maximum absolute atomic E-state index is 5.07. The average Bonchev–Trinajstić information content (AvgIpc) is 3.72. The van der Waals surface area contributed by atoms with Crippen LogP contribution in [0.1, 0.15) is 24.3 Å². The summed E-state index contributed by atoms with van der Waals surface area (Å²) in [5.41, 5.74) is 12.6. The Morgan fingerprint density at radius 2 is 1.22 bits per heavy atom. The highest BCUT2D eigenvalue weighted by Crippen LogP contribution is 2.49. The molecule has 0 saturated carbocycles. The van der Waals surface area contributed by atoms with Crippen LogP contribution in [0.15, 0.2) is 139 Å². The first-order valence-electron chi connectivity index (χ1n) is 15.3. The molecule has 4 heteroatoms. The van der Waals surface area contributed by atoms with Crippen molar-refractivity contribution in [1.29, 1.82) is 0 Å². The SMILES string of the molecule is CC1(C)c2sccc2-n2c3ccc(-c4cccc(-c5cc(-c6ccccc6)nc(-c6ccccc6)n5)c4)cc3c3cccc1c32. The summed E-state index contributed by atoms with van der Waals surface area (Å²) in [5, 5.41) is 4.82. The van der Waals surface area contributed by atoms with Crippen LogP contribution in [0, 0.1) is 0 Å². The van der Waals surface area contributed by atoms with Gasteiger partial charge in [0.1, 0.15) is 0 Å². The van der Waals surface area contributed by atoms with E-state index < -0.39 is 0 Å². The lowest BCUT2D eigenvalue weighted by Gasteiger charge is -2.32. The number of hydrogen-bond acceptors (Lipinski definition) is 3. The molecule has 8 aromatic rings. The van der Waals surface area contributed by atoms with Gasteiger partial charge in [-0.15, -0.1) is 11.3 Å². The van der Waals surface area contributed by atoms with Gasteiger partial charge >= 0.3 is 0 Å². The molecule has 0 radical (unpaired) electrons. The fraction of sp³-hybridized carbons (Fsp3) is 0.0732. The largest absolute Gasteiger partial charge is 0.308 e. The van der Waals surface area contributed by atoms with Crippen LogP contribution in [0.3, 0.4) is 0 Å². The van der Waals surface area contributed by atoms with Crippen LogP contribution in [0.25, 0.3) is 72.5 Å². The number of hydrogen-bond donors (Lipinski definition) is 0. The maximum atomic E-state index is 5.07. The Kier molecular flexibility index (Phi) is 5.71. The third-order valence-corrected chi connectivity index (χ3v) is 10.5. The third kappa shape index (κ3) is 4.03. The highest BCUT2D eigenvalue weighted by atomic mass is 32.1. The molecule has 3 nitrogen and oxygen atoms in total. The Bertz CT molecular complexity index is 2340. The van der Waals surface area contributed by atoms with Gasteiger partial charge in [-0.25, -0.2) is 9.97 Å². The lowest BCUT2D eigenvalue weighted by Crippen LogP contribution is -2.24. The van der Waals surface area contributed by atoms with E-state index in [0.717, 1.165) is 33.9 Å². The minimum absolute atomic E-state index is 0.0285. The molecule has 1 aliphatic heterocycles. The number of thiophene rings is 1. The summed E-state index contributed by atoms with van der Waals surface area (Å²) in [7, 11) is 0. The zero-order valence-corrected chi connectivity index (χ0v) is 25.8. The molecular formula is C41H29N3S. The molecule has 0 N–H and O–H groups in total. The molecule has 214 valence electrons. The standard InChI is InChI=1S/C41H29N3S/c1-41(2)33-18-10-17-31-32-24-29(19-20-36(32)44(38(31)33)37-21-22-45-39(37)41)28-15-9-16-30(23-28)35-25-34(26-11-5-3-6-12-26)42-40(43-35)27-13-7-4-8-14-27/h3-25H,1-2H3. The van der Waals surface area contributed by atoms with E-state index in [4.69, 9.17) is 9.97 Å². The second-order valence-corrected chi connectivity index (χ2v) is 13.2. The minimum Gasteiger partial charge on any atom is -0.308 e. The van der Waals surface area contributed by atoms with Crippen molar-refractivity contribution in [1.82, 2.24) is 14.5 Å². The van der Waals surface area contributed by atoms with Crippen molar-refractivity contribution in [2.45, 2.75) is 19.3 Å². The van der Waals surface area contributed by atoms with E-state index in [-0.39, 0.29) is 5.41 Å². The molecule has 4 heterocycles. The Hall–Kier alpha value is -5.32. The average molecular weight is 596 g/mol. The lowest BCUT2D eigenvalue weighted by atomic mass is 9.79. The first-order chi connectivity index (χ1) is 22.1. The molecule has 0 unspecified atom stereocenters. The van der Waals surface area contributed by atoms with Crippen molar-refractivity contribution < 1.29 is 0 Å². The van der Waals surface area contributed by atoms with Gasteiger partial charge in [-0.2, -0.15) is 0 Å². The van der Waals surface area contributed by atoms with Gasteiger partial charge in [-0.05, 0) is 52.4 Å². The summed E-state index contributed by atoms with van der Waals surface area (Å²) in [5.74, 6) is 0.726. The smallest absolute Gasteiger partial charge is 0.160 e. The molecule has 3 aromatic heterocycles. The maximum Gasteiger partial charge on any atom is 0.160 e. The van der Waals surface area contributed by atoms with E-state index in [1.54, 1.807) is 0 Å². The van der Waals surface area contributed by atoms with Crippen molar-refractivity contribution in [2.75, 3.05) is 0 Å². The van der Waals surface area contributed by atoms with Gasteiger partial charge in [0.25, 0.3) is 0 Å². The van der Waals surface area contributed by atoms with E-state index in [1.807, 2.05) is 35.6 Å². The van der Waals surface area contributed by atoms with E-state index >= 15 is 0 Å². The first-order valence-corrected chi connectivity index (χ1v) is 16.2. The van der Waals surface area contributed by atoms with Crippen molar-refractivity contribution >= 4 is 33.1 Å². The molecule has 0 atom stereocenters. The molecular weight excluding hydrogens is 567 g/mol. The molecule has 45 heavy (non-hydrogen) atoms.